The van der Waals surface area contributed by atoms with Crippen LogP contribution in [0.2, 0.25) is 0 Å². The van der Waals surface area contributed by atoms with Crippen molar-refractivity contribution >= 4 is 17.8 Å². The normalized spacial score (nSPS) is 9.70. The highest BCUT2D eigenvalue weighted by Crippen LogP contribution is 2.06. The SMILES string of the molecule is CCOCC(=O)NNC(=O)c1cccc(C(=O)OC)c1. The molecule has 1 rings (SSSR count). The Bertz CT molecular complexity index is 501. The lowest BCUT2D eigenvalue weighted by molar-refractivity contribution is -0.126. The van der Waals surface area contributed by atoms with Crippen LogP contribution in [-0.4, -0.2) is 38.1 Å². The minimum Gasteiger partial charge on any atom is -0.465 e. The van der Waals surface area contributed by atoms with E-state index in [-0.39, 0.29) is 17.7 Å². The first kappa shape index (κ1) is 15.6. The standard InChI is InChI=1S/C13H16N2O5/c1-3-20-8-11(16)14-15-12(17)9-5-4-6-10(7-9)13(18)19-2/h4-7H,3,8H2,1-2H3,(H,14,16)(H,15,17). The zero-order chi connectivity index (χ0) is 15.0. The van der Waals surface area contributed by atoms with Gasteiger partial charge in [0.15, 0.2) is 0 Å². The van der Waals surface area contributed by atoms with Gasteiger partial charge in [-0.3, -0.25) is 20.4 Å². The highest BCUT2D eigenvalue weighted by atomic mass is 16.5. The fourth-order valence-corrected chi connectivity index (χ4v) is 1.33. The van der Waals surface area contributed by atoms with Gasteiger partial charge in [-0.05, 0) is 25.1 Å². The number of benzene rings is 1. The molecule has 0 saturated heterocycles. The Morgan fingerprint density at radius 2 is 1.85 bits per heavy atom. The highest BCUT2D eigenvalue weighted by Gasteiger charge is 2.11. The second-order valence-electron chi connectivity index (χ2n) is 3.71. The molecule has 7 heteroatoms. The molecule has 108 valence electrons. The topological polar surface area (TPSA) is 93.7 Å². The molecule has 0 aliphatic rings. The van der Waals surface area contributed by atoms with E-state index in [2.05, 4.69) is 15.6 Å². The van der Waals surface area contributed by atoms with Gasteiger partial charge in [0.25, 0.3) is 11.8 Å². The van der Waals surface area contributed by atoms with Crippen LogP contribution in [0.4, 0.5) is 0 Å². The van der Waals surface area contributed by atoms with Crippen molar-refractivity contribution in [1.29, 1.82) is 0 Å². The molecule has 0 fully saturated rings. The molecule has 0 aliphatic carbocycles. The molecule has 0 atom stereocenters. The van der Waals surface area contributed by atoms with Gasteiger partial charge < -0.3 is 9.47 Å². The summed E-state index contributed by atoms with van der Waals surface area (Å²) in [5.74, 6) is -1.55. The number of ether oxygens (including phenoxy) is 2. The Labute approximate surface area is 116 Å². The maximum absolute atomic E-state index is 11.8. The minimum absolute atomic E-state index is 0.140. The van der Waals surface area contributed by atoms with Crippen molar-refractivity contribution in [2.24, 2.45) is 0 Å². The zero-order valence-electron chi connectivity index (χ0n) is 11.3. The van der Waals surface area contributed by atoms with Gasteiger partial charge in [0.1, 0.15) is 6.61 Å². The van der Waals surface area contributed by atoms with E-state index >= 15 is 0 Å². The predicted molar refractivity (Wildman–Crippen MR) is 69.9 cm³/mol. The van der Waals surface area contributed by atoms with Crippen LogP contribution >= 0.6 is 0 Å². The summed E-state index contributed by atoms with van der Waals surface area (Å²) in [4.78, 5) is 34.3. The Morgan fingerprint density at radius 3 is 2.50 bits per heavy atom. The maximum Gasteiger partial charge on any atom is 0.337 e. The molecule has 0 heterocycles. The average Bonchev–Trinajstić information content (AvgIpc) is 2.49. The smallest absolute Gasteiger partial charge is 0.337 e. The summed E-state index contributed by atoms with van der Waals surface area (Å²) in [5.41, 5.74) is 4.90. The van der Waals surface area contributed by atoms with Gasteiger partial charge in [-0.1, -0.05) is 6.07 Å². The first-order valence-electron chi connectivity index (χ1n) is 5.93. The summed E-state index contributed by atoms with van der Waals surface area (Å²) >= 11 is 0. The fourth-order valence-electron chi connectivity index (χ4n) is 1.33. The number of rotatable bonds is 5. The first-order chi connectivity index (χ1) is 9.58. The van der Waals surface area contributed by atoms with E-state index in [4.69, 9.17) is 4.74 Å². The molecule has 0 bridgehead atoms. The molecular weight excluding hydrogens is 264 g/mol. The van der Waals surface area contributed by atoms with E-state index in [0.717, 1.165) is 0 Å². The number of hydrazine groups is 1. The van der Waals surface area contributed by atoms with E-state index in [0.29, 0.717) is 6.61 Å². The molecule has 2 amide bonds. The number of carbonyl (C=O) groups is 3. The molecular formula is C13H16N2O5. The van der Waals surface area contributed by atoms with E-state index in [9.17, 15) is 14.4 Å². The molecule has 0 spiro atoms. The Kier molecular flexibility index (Phi) is 6.18. The van der Waals surface area contributed by atoms with Gasteiger partial charge in [0, 0.05) is 12.2 Å². The van der Waals surface area contributed by atoms with Crippen LogP contribution < -0.4 is 10.9 Å². The number of hydrogen-bond acceptors (Lipinski definition) is 5. The molecule has 0 saturated carbocycles. The number of carbonyl (C=O) groups excluding carboxylic acids is 3. The van der Waals surface area contributed by atoms with Crippen LogP contribution in [0.1, 0.15) is 27.6 Å². The van der Waals surface area contributed by atoms with Crippen LogP contribution in [0.15, 0.2) is 24.3 Å². The summed E-state index contributed by atoms with van der Waals surface area (Å²) in [7, 11) is 1.25. The molecule has 2 N–H and O–H groups in total. The molecule has 20 heavy (non-hydrogen) atoms. The van der Waals surface area contributed by atoms with E-state index in [1.807, 2.05) is 0 Å². The van der Waals surface area contributed by atoms with Crippen molar-refractivity contribution in [2.45, 2.75) is 6.92 Å². The lowest BCUT2D eigenvalue weighted by Gasteiger charge is -2.08. The third kappa shape index (κ3) is 4.69. The lowest BCUT2D eigenvalue weighted by Crippen LogP contribution is -2.43. The van der Waals surface area contributed by atoms with Crippen LogP contribution in [0, 0.1) is 0 Å². The van der Waals surface area contributed by atoms with Crippen LogP contribution in [-0.2, 0) is 14.3 Å². The second-order valence-corrected chi connectivity index (χ2v) is 3.71. The average molecular weight is 280 g/mol. The Balaban J connectivity index is 2.59. The van der Waals surface area contributed by atoms with E-state index < -0.39 is 17.8 Å². The lowest BCUT2D eigenvalue weighted by atomic mass is 10.1. The zero-order valence-corrected chi connectivity index (χ0v) is 11.3. The van der Waals surface area contributed by atoms with Crippen molar-refractivity contribution in [1.82, 2.24) is 10.9 Å². The molecule has 0 aromatic heterocycles. The van der Waals surface area contributed by atoms with Gasteiger partial charge in [-0.25, -0.2) is 4.79 Å². The van der Waals surface area contributed by atoms with Crippen molar-refractivity contribution < 1.29 is 23.9 Å². The number of amides is 2. The number of hydrogen-bond donors (Lipinski definition) is 2. The van der Waals surface area contributed by atoms with E-state index in [1.165, 1.54) is 25.3 Å². The maximum atomic E-state index is 11.8. The summed E-state index contributed by atoms with van der Waals surface area (Å²) in [6, 6.07) is 5.95. The fraction of sp³-hybridized carbons (Fsp3) is 0.308. The quantitative estimate of drug-likeness (QED) is 0.596. The van der Waals surface area contributed by atoms with Crippen molar-refractivity contribution in [3.8, 4) is 0 Å². The largest absolute Gasteiger partial charge is 0.465 e. The summed E-state index contributed by atoms with van der Waals surface area (Å²) < 4.78 is 9.43. The molecule has 0 radical (unpaired) electrons. The summed E-state index contributed by atoms with van der Waals surface area (Å²) in [5, 5.41) is 0. The Hall–Kier alpha value is -2.41. The molecule has 0 aliphatic heterocycles. The van der Waals surface area contributed by atoms with Gasteiger partial charge >= 0.3 is 5.97 Å². The number of nitrogens with one attached hydrogen (secondary N) is 2. The van der Waals surface area contributed by atoms with Crippen molar-refractivity contribution in [2.75, 3.05) is 20.3 Å². The summed E-state index contributed by atoms with van der Waals surface area (Å²) in [6.45, 7) is 2.02. The monoisotopic (exact) mass is 280 g/mol. The highest BCUT2D eigenvalue weighted by molar-refractivity contribution is 5.98. The molecule has 7 nitrogen and oxygen atoms in total. The number of methoxy groups -OCH3 is 1. The van der Waals surface area contributed by atoms with Gasteiger partial charge in [-0.2, -0.15) is 0 Å². The molecule has 1 aromatic rings. The van der Waals surface area contributed by atoms with Crippen molar-refractivity contribution in [3.63, 3.8) is 0 Å². The van der Waals surface area contributed by atoms with Crippen LogP contribution in [0.3, 0.4) is 0 Å². The predicted octanol–water partition coefficient (Wildman–Crippen LogP) is 0.271. The second kappa shape index (κ2) is 7.90. The van der Waals surface area contributed by atoms with Crippen molar-refractivity contribution in [3.05, 3.63) is 35.4 Å². The Morgan fingerprint density at radius 1 is 1.15 bits per heavy atom. The van der Waals surface area contributed by atoms with E-state index in [1.54, 1.807) is 13.0 Å². The molecule has 0 unspecified atom stereocenters. The third-order valence-electron chi connectivity index (χ3n) is 2.30. The summed E-state index contributed by atoms with van der Waals surface area (Å²) in [6.07, 6.45) is 0. The number of esters is 1. The van der Waals surface area contributed by atoms with Crippen LogP contribution in [0.5, 0.6) is 0 Å². The van der Waals surface area contributed by atoms with Crippen LogP contribution in [0.25, 0.3) is 0 Å². The third-order valence-corrected chi connectivity index (χ3v) is 2.30. The first-order valence-corrected chi connectivity index (χ1v) is 5.93. The van der Waals surface area contributed by atoms with Gasteiger partial charge in [0.05, 0.1) is 12.7 Å². The van der Waals surface area contributed by atoms with Gasteiger partial charge in [-0.15, -0.1) is 0 Å². The minimum atomic E-state index is -0.542. The van der Waals surface area contributed by atoms with Gasteiger partial charge in [0.2, 0.25) is 0 Å². The molecule has 1 aromatic carbocycles.